The molecular formula is C10H15N3. The van der Waals surface area contributed by atoms with Gasteiger partial charge in [0.1, 0.15) is 0 Å². The number of unbranched alkanes of at least 4 members (excludes halogenated alkanes) is 1. The third kappa shape index (κ3) is 2.09. The zero-order valence-corrected chi connectivity index (χ0v) is 8.46. The first-order valence-corrected chi connectivity index (χ1v) is 4.54. The minimum absolute atomic E-state index is 0.609. The van der Waals surface area contributed by atoms with Crippen LogP contribution in [0, 0.1) is 32.1 Å². The molecule has 0 aliphatic heterocycles. The zero-order chi connectivity index (χ0) is 9.84. The minimum Gasteiger partial charge on any atom is -0.269 e. The molecule has 0 bridgehead atoms. The average Bonchev–Trinajstić information content (AvgIpc) is 2.34. The SMILES string of the molecule is Cc1nn(CCCC#N)c(C)c1C. The average molecular weight is 177 g/mol. The van der Waals surface area contributed by atoms with Crippen molar-refractivity contribution < 1.29 is 0 Å². The first-order valence-electron chi connectivity index (χ1n) is 4.54. The highest BCUT2D eigenvalue weighted by Gasteiger charge is 2.05. The van der Waals surface area contributed by atoms with Gasteiger partial charge in [-0.1, -0.05) is 0 Å². The van der Waals surface area contributed by atoms with Gasteiger partial charge in [-0.2, -0.15) is 10.4 Å². The molecular weight excluding hydrogens is 162 g/mol. The summed E-state index contributed by atoms with van der Waals surface area (Å²) in [7, 11) is 0. The van der Waals surface area contributed by atoms with E-state index in [2.05, 4.69) is 25.0 Å². The number of aryl methyl sites for hydroxylation is 2. The predicted octanol–water partition coefficient (Wildman–Crippen LogP) is 2.11. The van der Waals surface area contributed by atoms with Crippen molar-refractivity contribution in [3.05, 3.63) is 17.0 Å². The van der Waals surface area contributed by atoms with Crippen molar-refractivity contribution in [1.29, 1.82) is 5.26 Å². The molecule has 13 heavy (non-hydrogen) atoms. The van der Waals surface area contributed by atoms with Gasteiger partial charge in [0, 0.05) is 18.7 Å². The fourth-order valence-corrected chi connectivity index (χ4v) is 1.31. The molecule has 1 aromatic rings. The van der Waals surface area contributed by atoms with Crippen LogP contribution in [0.25, 0.3) is 0 Å². The van der Waals surface area contributed by atoms with E-state index in [1.165, 1.54) is 11.3 Å². The van der Waals surface area contributed by atoms with E-state index < -0.39 is 0 Å². The highest BCUT2D eigenvalue weighted by Crippen LogP contribution is 2.11. The minimum atomic E-state index is 0.609. The molecule has 1 aromatic heterocycles. The summed E-state index contributed by atoms with van der Waals surface area (Å²) in [5.41, 5.74) is 3.57. The number of nitriles is 1. The maximum Gasteiger partial charge on any atom is 0.0625 e. The Labute approximate surface area is 79.0 Å². The molecule has 0 aliphatic carbocycles. The van der Waals surface area contributed by atoms with Crippen molar-refractivity contribution >= 4 is 0 Å². The molecule has 0 N–H and O–H groups in total. The van der Waals surface area contributed by atoms with Gasteiger partial charge in [0.25, 0.3) is 0 Å². The van der Waals surface area contributed by atoms with Gasteiger partial charge < -0.3 is 0 Å². The van der Waals surface area contributed by atoms with Crippen LogP contribution in [0.15, 0.2) is 0 Å². The van der Waals surface area contributed by atoms with Gasteiger partial charge in [-0.3, -0.25) is 4.68 Å². The van der Waals surface area contributed by atoms with Crippen LogP contribution in [0.4, 0.5) is 0 Å². The van der Waals surface area contributed by atoms with Crippen LogP contribution in [0.5, 0.6) is 0 Å². The molecule has 0 saturated heterocycles. The molecule has 0 atom stereocenters. The molecule has 1 rings (SSSR count). The van der Waals surface area contributed by atoms with Crippen molar-refractivity contribution in [1.82, 2.24) is 9.78 Å². The monoisotopic (exact) mass is 177 g/mol. The Hall–Kier alpha value is -1.30. The number of aromatic nitrogens is 2. The molecule has 0 spiro atoms. The van der Waals surface area contributed by atoms with E-state index in [-0.39, 0.29) is 0 Å². The van der Waals surface area contributed by atoms with Crippen molar-refractivity contribution in [2.24, 2.45) is 0 Å². The maximum atomic E-state index is 8.39. The molecule has 3 nitrogen and oxygen atoms in total. The predicted molar refractivity (Wildman–Crippen MR) is 51.3 cm³/mol. The number of nitrogens with zero attached hydrogens (tertiary/aromatic N) is 3. The lowest BCUT2D eigenvalue weighted by molar-refractivity contribution is 0.568. The lowest BCUT2D eigenvalue weighted by Gasteiger charge is -2.01. The van der Waals surface area contributed by atoms with Crippen LogP contribution in [0.3, 0.4) is 0 Å². The first kappa shape index (κ1) is 9.79. The Morgan fingerprint density at radius 3 is 2.54 bits per heavy atom. The van der Waals surface area contributed by atoms with Crippen LogP contribution >= 0.6 is 0 Å². The number of rotatable bonds is 3. The second-order valence-corrected chi connectivity index (χ2v) is 3.28. The fourth-order valence-electron chi connectivity index (χ4n) is 1.31. The molecule has 3 heteroatoms. The van der Waals surface area contributed by atoms with E-state index in [0.717, 1.165) is 18.7 Å². The largest absolute Gasteiger partial charge is 0.269 e. The van der Waals surface area contributed by atoms with Gasteiger partial charge in [-0.25, -0.2) is 0 Å². The fraction of sp³-hybridized carbons (Fsp3) is 0.600. The second-order valence-electron chi connectivity index (χ2n) is 3.28. The van der Waals surface area contributed by atoms with E-state index in [4.69, 9.17) is 5.26 Å². The summed E-state index contributed by atoms with van der Waals surface area (Å²) < 4.78 is 1.99. The van der Waals surface area contributed by atoms with Crippen molar-refractivity contribution in [3.8, 4) is 6.07 Å². The lowest BCUT2D eigenvalue weighted by atomic mass is 10.2. The third-order valence-electron chi connectivity index (χ3n) is 2.40. The summed E-state index contributed by atoms with van der Waals surface area (Å²) in [5.74, 6) is 0. The molecule has 0 fully saturated rings. The number of hydrogen-bond acceptors (Lipinski definition) is 2. The Balaban J connectivity index is 2.68. The van der Waals surface area contributed by atoms with E-state index >= 15 is 0 Å². The lowest BCUT2D eigenvalue weighted by Crippen LogP contribution is -2.02. The van der Waals surface area contributed by atoms with E-state index in [1.807, 2.05) is 11.6 Å². The van der Waals surface area contributed by atoms with Gasteiger partial charge in [0.05, 0.1) is 11.8 Å². The van der Waals surface area contributed by atoms with Crippen molar-refractivity contribution in [3.63, 3.8) is 0 Å². The number of hydrogen-bond donors (Lipinski definition) is 0. The quantitative estimate of drug-likeness (QED) is 0.663. The summed E-state index contributed by atoms with van der Waals surface area (Å²) in [5, 5.41) is 12.8. The summed E-state index contributed by atoms with van der Waals surface area (Å²) in [6.07, 6.45) is 1.50. The van der Waals surface area contributed by atoms with Crippen LogP contribution in [-0.4, -0.2) is 9.78 Å². The Morgan fingerprint density at radius 2 is 2.08 bits per heavy atom. The summed E-state index contributed by atoms with van der Waals surface area (Å²) in [4.78, 5) is 0. The van der Waals surface area contributed by atoms with Gasteiger partial charge in [-0.15, -0.1) is 0 Å². The third-order valence-corrected chi connectivity index (χ3v) is 2.40. The summed E-state index contributed by atoms with van der Waals surface area (Å²) >= 11 is 0. The summed E-state index contributed by atoms with van der Waals surface area (Å²) in [6.45, 7) is 7.03. The van der Waals surface area contributed by atoms with E-state index in [1.54, 1.807) is 0 Å². The van der Waals surface area contributed by atoms with Gasteiger partial charge >= 0.3 is 0 Å². The van der Waals surface area contributed by atoms with Gasteiger partial charge in [-0.05, 0) is 32.8 Å². The summed E-state index contributed by atoms with van der Waals surface area (Å²) in [6, 6.07) is 2.14. The molecule has 0 radical (unpaired) electrons. The molecule has 1 heterocycles. The zero-order valence-electron chi connectivity index (χ0n) is 8.46. The molecule has 70 valence electrons. The van der Waals surface area contributed by atoms with Crippen LogP contribution in [-0.2, 0) is 6.54 Å². The van der Waals surface area contributed by atoms with E-state index in [0.29, 0.717) is 6.42 Å². The van der Waals surface area contributed by atoms with Crippen molar-refractivity contribution in [2.75, 3.05) is 0 Å². The first-order chi connectivity index (χ1) is 6.16. The van der Waals surface area contributed by atoms with Crippen LogP contribution in [0.2, 0.25) is 0 Å². The second kappa shape index (κ2) is 4.08. The molecule has 0 amide bonds. The maximum absolute atomic E-state index is 8.39. The van der Waals surface area contributed by atoms with Crippen LogP contribution < -0.4 is 0 Å². The Bertz CT molecular complexity index is 331. The topological polar surface area (TPSA) is 41.6 Å². The molecule has 0 aromatic carbocycles. The smallest absolute Gasteiger partial charge is 0.0625 e. The molecule has 0 aliphatic rings. The van der Waals surface area contributed by atoms with Crippen molar-refractivity contribution in [2.45, 2.75) is 40.2 Å². The Morgan fingerprint density at radius 1 is 1.38 bits per heavy atom. The van der Waals surface area contributed by atoms with Gasteiger partial charge in [0.2, 0.25) is 0 Å². The van der Waals surface area contributed by atoms with Crippen LogP contribution in [0.1, 0.15) is 29.8 Å². The van der Waals surface area contributed by atoms with Gasteiger partial charge in [0.15, 0.2) is 0 Å². The van der Waals surface area contributed by atoms with E-state index in [9.17, 15) is 0 Å². The highest BCUT2D eigenvalue weighted by molar-refractivity contribution is 5.21. The highest BCUT2D eigenvalue weighted by atomic mass is 15.3. The Kier molecular flexibility index (Phi) is 3.07. The molecule has 0 unspecified atom stereocenters. The molecule has 0 saturated carbocycles. The standard InChI is InChI=1S/C10H15N3/c1-8-9(2)12-13(10(8)3)7-5-4-6-11/h4-5,7H2,1-3H3. The normalized spacial score (nSPS) is 10.0.